The Labute approximate surface area is 234 Å². The van der Waals surface area contributed by atoms with E-state index in [0.29, 0.717) is 22.1 Å². The van der Waals surface area contributed by atoms with Crippen LogP contribution in [0.4, 0.5) is 22.7 Å². The number of phenolic OH excluding ortho intramolecular Hbond substituents is 1. The third-order valence-corrected chi connectivity index (χ3v) is 5.31. The molecular formula is C30H42N4O4S. The number of aromatic hydroxyl groups is 1. The summed E-state index contributed by atoms with van der Waals surface area (Å²) >= 11 is 0. The minimum atomic E-state index is -4.13. The van der Waals surface area contributed by atoms with E-state index in [1.807, 2.05) is 85.7 Å². The average Bonchev–Trinajstić information content (AvgIpc) is 3.00. The van der Waals surface area contributed by atoms with E-state index >= 15 is 0 Å². The molecule has 39 heavy (non-hydrogen) atoms. The van der Waals surface area contributed by atoms with Gasteiger partial charge in [0.05, 0.1) is 22.0 Å². The fourth-order valence-electron chi connectivity index (χ4n) is 2.90. The lowest BCUT2D eigenvalue weighted by Gasteiger charge is -2.22. The van der Waals surface area contributed by atoms with E-state index in [4.69, 9.17) is 0 Å². The molecule has 0 aliphatic heterocycles. The molecule has 0 fully saturated rings. The van der Waals surface area contributed by atoms with Crippen molar-refractivity contribution < 1.29 is 18.8 Å². The second-order valence-electron chi connectivity index (χ2n) is 6.56. The van der Waals surface area contributed by atoms with Crippen molar-refractivity contribution in [2.45, 2.75) is 60.3 Å². The molecule has 0 atom stereocenters. The van der Waals surface area contributed by atoms with Crippen LogP contribution in [0.25, 0.3) is 10.8 Å². The summed E-state index contributed by atoms with van der Waals surface area (Å²) in [6, 6.07) is 24.2. The molecule has 9 heteroatoms. The van der Waals surface area contributed by atoms with Gasteiger partial charge in [-0.15, -0.1) is 5.11 Å². The van der Waals surface area contributed by atoms with Crippen LogP contribution in [0, 0.1) is 0 Å². The topological polar surface area (TPSA) is 130 Å². The Morgan fingerprint density at radius 1 is 0.513 bits per heavy atom. The number of phenols is 1. The summed E-state index contributed by atoms with van der Waals surface area (Å²) in [7, 11) is -4.13. The Kier molecular flexibility index (Phi) is 17.6. The molecule has 0 saturated carbocycles. The van der Waals surface area contributed by atoms with Gasteiger partial charge in [-0.1, -0.05) is 97.9 Å². The standard InChI is InChI=1S/C22H18N4O4S.4C2H6/c27-22-19-9-5-4-6-15(19)14-20(31(28,29)30)21(22)26-25-18-12-10-17(11-13-18)24-23-16-7-2-1-3-8-16;4*1-2/h1-14,27-30H;4*1-2H3. The second-order valence-corrected chi connectivity index (χ2v) is 8.04. The number of hydrogen-bond acceptors (Lipinski definition) is 8. The van der Waals surface area contributed by atoms with Gasteiger partial charge < -0.3 is 18.8 Å². The fraction of sp³-hybridized carbons (Fsp3) is 0.267. The van der Waals surface area contributed by atoms with Gasteiger partial charge >= 0.3 is 0 Å². The van der Waals surface area contributed by atoms with Crippen molar-refractivity contribution >= 4 is 44.4 Å². The summed E-state index contributed by atoms with van der Waals surface area (Å²) in [6.45, 7) is 16.0. The first-order valence-corrected chi connectivity index (χ1v) is 14.7. The first kappa shape index (κ1) is 35.4. The van der Waals surface area contributed by atoms with Crippen LogP contribution >= 0.6 is 10.9 Å². The van der Waals surface area contributed by atoms with Crippen LogP contribution in [0.5, 0.6) is 5.75 Å². The molecule has 0 aromatic heterocycles. The van der Waals surface area contributed by atoms with Gasteiger partial charge in [0.25, 0.3) is 0 Å². The molecule has 0 spiro atoms. The molecule has 0 radical (unpaired) electrons. The van der Waals surface area contributed by atoms with E-state index in [1.54, 1.807) is 48.5 Å². The fourth-order valence-corrected chi connectivity index (χ4v) is 3.58. The van der Waals surface area contributed by atoms with Crippen LogP contribution in [-0.2, 0) is 0 Å². The Balaban J connectivity index is 0.00000166. The van der Waals surface area contributed by atoms with Crippen LogP contribution in [0.2, 0.25) is 0 Å². The van der Waals surface area contributed by atoms with Gasteiger partial charge in [0.15, 0.2) is 5.75 Å². The zero-order chi connectivity index (χ0) is 29.8. The van der Waals surface area contributed by atoms with Gasteiger partial charge in [0, 0.05) is 5.39 Å². The maximum atomic E-state index is 10.6. The van der Waals surface area contributed by atoms with Gasteiger partial charge in [0.1, 0.15) is 16.6 Å². The molecule has 0 aliphatic carbocycles. The Morgan fingerprint density at radius 2 is 0.923 bits per heavy atom. The van der Waals surface area contributed by atoms with Crippen molar-refractivity contribution in [3.8, 4) is 5.75 Å². The molecule has 0 aliphatic rings. The van der Waals surface area contributed by atoms with E-state index in [1.165, 1.54) is 6.07 Å². The van der Waals surface area contributed by atoms with Gasteiger partial charge in [0.2, 0.25) is 0 Å². The summed E-state index contributed by atoms with van der Waals surface area (Å²) in [5.41, 5.74) is 1.57. The molecule has 0 saturated heterocycles. The van der Waals surface area contributed by atoms with Crippen LogP contribution < -0.4 is 0 Å². The highest BCUT2D eigenvalue weighted by atomic mass is 32.3. The second kappa shape index (κ2) is 19.4. The average molecular weight is 555 g/mol. The lowest BCUT2D eigenvalue weighted by atomic mass is 10.1. The lowest BCUT2D eigenvalue weighted by Crippen LogP contribution is -1.96. The van der Waals surface area contributed by atoms with E-state index < -0.39 is 10.9 Å². The number of hydrogen-bond donors (Lipinski definition) is 4. The molecule has 8 nitrogen and oxygen atoms in total. The SMILES string of the molecule is CC.CC.CC.CC.Oc1c(N=Nc2ccc(N=Nc3ccccc3)cc2)c(S(O)(O)O)cc2ccccc12. The van der Waals surface area contributed by atoms with Crippen LogP contribution in [-0.4, -0.2) is 18.8 Å². The number of rotatable bonds is 5. The first-order valence-electron chi connectivity index (χ1n) is 13.2. The molecular weight excluding hydrogens is 512 g/mol. The summed E-state index contributed by atoms with van der Waals surface area (Å²) in [4.78, 5) is -0.305. The van der Waals surface area contributed by atoms with E-state index in [0.717, 1.165) is 5.69 Å². The summed E-state index contributed by atoms with van der Waals surface area (Å²) in [6.07, 6.45) is 0. The maximum absolute atomic E-state index is 10.6. The van der Waals surface area contributed by atoms with E-state index in [9.17, 15) is 18.8 Å². The van der Waals surface area contributed by atoms with Gasteiger partial charge in [-0.05, 0) is 47.9 Å². The normalized spacial score (nSPS) is 10.7. The van der Waals surface area contributed by atoms with Crippen molar-refractivity contribution in [3.05, 3.63) is 84.9 Å². The molecule has 0 heterocycles. The number of benzene rings is 4. The highest BCUT2D eigenvalue weighted by Crippen LogP contribution is 2.54. The number of azo groups is 2. The van der Waals surface area contributed by atoms with Crippen molar-refractivity contribution in [2.75, 3.05) is 0 Å². The summed E-state index contributed by atoms with van der Waals surface area (Å²) in [5.74, 6) is -0.306. The van der Waals surface area contributed by atoms with E-state index in [-0.39, 0.29) is 16.3 Å². The zero-order valence-corrected chi connectivity index (χ0v) is 24.9. The summed E-state index contributed by atoms with van der Waals surface area (Å²) < 4.78 is 29.4. The highest BCUT2D eigenvalue weighted by Gasteiger charge is 2.25. The Bertz CT molecular complexity index is 1270. The van der Waals surface area contributed by atoms with Gasteiger partial charge in [-0.3, -0.25) is 0 Å². The molecule has 4 rings (SSSR count). The molecule has 4 aromatic carbocycles. The van der Waals surface area contributed by atoms with Gasteiger partial charge in [-0.2, -0.15) is 15.3 Å². The van der Waals surface area contributed by atoms with Crippen LogP contribution in [0.1, 0.15) is 55.4 Å². The van der Waals surface area contributed by atoms with Crippen molar-refractivity contribution in [3.63, 3.8) is 0 Å². The molecule has 0 unspecified atom stereocenters. The quantitative estimate of drug-likeness (QED) is 0.183. The predicted molar refractivity (Wildman–Crippen MR) is 166 cm³/mol. The summed E-state index contributed by atoms with van der Waals surface area (Å²) in [5, 5.41) is 27.9. The third-order valence-electron chi connectivity index (χ3n) is 4.41. The molecule has 0 amide bonds. The van der Waals surface area contributed by atoms with E-state index in [2.05, 4.69) is 20.5 Å². The van der Waals surface area contributed by atoms with Crippen molar-refractivity contribution in [1.29, 1.82) is 0 Å². The first-order chi connectivity index (χ1) is 18.9. The van der Waals surface area contributed by atoms with Crippen molar-refractivity contribution in [1.82, 2.24) is 0 Å². The molecule has 4 aromatic rings. The smallest absolute Gasteiger partial charge is 0.152 e. The molecule has 4 N–H and O–H groups in total. The monoisotopic (exact) mass is 554 g/mol. The highest BCUT2D eigenvalue weighted by molar-refractivity contribution is 8.19. The van der Waals surface area contributed by atoms with Crippen LogP contribution in [0.3, 0.4) is 0 Å². The minimum Gasteiger partial charge on any atom is -0.505 e. The number of nitrogens with zero attached hydrogens (tertiary/aromatic N) is 4. The largest absolute Gasteiger partial charge is 0.505 e. The maximum Gasteiger partial charge on any atom is 0.152 e. The zero-order valence-electron chi connectivity index (χ0n) is 24.1. The third kappa shape index (κ3) is 10.9. The minimum absolute atomic E-state index is 0.214. The lowest BCUT2D eigenvalue weighted by molar-refractivity contribution is 0.375. The molecule has 0 bridgehead atoms. The Morgan fingerprint density at radius 3 is 1.41 bits per heavy atom. The Hall–Kier alpha value is -3.63. The predicted octanol–water partition coefficient (Wildman–Crippen LogP) is 12.1. The van der Waals surface area contributed by atoms with Crippen LogP contribution in [0.15, 0.2) is 110 Å². The van der Waals surface area contributed by atoms with Crippen molar-refractivity contribution in [2.24, 2.45) is 20.5 Å². The van der Waals surface area contributed by atoms with Gasteiger partial charge in [-0.25, -0.2) is 0 Å². The number of fused-ring (bicyclic) bond motifs is 1. The molecule has 212 valence electrons.